The first-order chi connectivity index (χ1) is 7.22. The summed E-state index contributed by atoms with van der Waals surface area (Å²) in [5.41, 5.74) is 0. The van der Waals surface area contributed by atoms with E-state index in [1.807, 2.05) is 0 Å². The SMILES string of the molecule is CCOC(=O)C(C)NCCCOCCO. The minimum Gasteiger partial charge on any atom is -0.465 e. The molecule has 0 radical (unpaired) electrons. The summed E-state index contributed by atoms with van der Waals surface area (Å²) in [5.74, 6) is -0.228. The number of nitrogens with one attached hydrogen (secondary N) is 1. The highest BCUT2D eigenvalue weighted by molar-refractivity contribution is 5.75. The molecule has 0 bridgehead atoms. The molecule has 0 rings (SSSR count). The van der Waals surface area contributed by atoms with Gasteiger partial charge in [0.1, 0.15) is 6.04 Å². The molecule has 0 aliphatic rings. The van der Waals surface area contributed by atoms with E-state index >= 15 is 0 Å². The summed E-state index contributed by atoms with van der Waals surface area (Å²) < 4.78 is 9.90. The average molecular weight is 219 g/mol. The van der Waals surface area contributed by atoms with Gasteiger partial charge in [-0.3, -0.25) is 4.79 Å². The van der Waals surface area contributed by atoms with Gasteiger partial charge < -0.3 is 19.9 Å². The monoisotopic (exact) mass is 219 g/mol. The van der Waals surface area contributed by atoms with Crippen molar-refractivity contribution in [2.24, 2.45) is 0 Å². The molecule has 15 heavy (non-hydrogen) atoms. The topological polar surface area (TPSA) is 67.8 Å². The summed E-state index contributed by atoms with van der Waals surface area (Å²) in [4.78, 5) is 11.2. The van der Waals surface area contributed by atoms with Crippen LogP contribution in [0.25, 0.3) is 0 Å². The molecule has 2 N–H and O–H groups in total. The van der Waals surface area contributed by atoms with Gasteiger partial charge in [0.25, 0.3) is 0 Å². The molecule has 0 saturated heterocycles. The fraction of sp³-hybridized carbons (Fsp3) is 0.900. The first-order valence-electron chi connectivity index (χ1n) is 5.31. The van der Waals surface area contributed by atoms with Crippen molar-refractivity contribution in [3.05, 3.63) is 0 Å². The van der Waals surface area contributed by atoms with Gasteiger partial charge in [0.2, 0.25) is 0 Å². The van der Waals surface area contributed by atoms with E-state index in [4.69, 9.17) is 14.6 Å². The molecular formula is C10H21NO4. The lowest BCUT2D eigenvalue weighted by atomic mass is 10.3. The molecule has 0 aliphatic heterocycles. The van der Waals surface area contributed by atoms with Crippen molar-refractivity contribution in [1.82, 2.24) is 5.32 Å². The van der Waals surface area contributed by atoms with E-state index in [0.29, 0.717) is 26.4 Å². The van der Waals surface area contributed by atoms with Crippen LogP contribution < -0.4 is 5.32 Å². The largest absolute Gasteiger partial charge is 0.465 e. The molecule has 5 nitrogen and oxygen atoms in total. The molecule has 0 saturated carbocycles. The molecule has 0 amide bonds. The Morgan fingerprint density at radius 2 is 2.20 bits per heavy atom. The number of hydrogen-bond donors (Lipinski definition) is 2. The summed E-state index contributed by atoms with van der Waals surface area (Å²) in [6.45, 7) is 5.67. The lowest BCUT2D eigenvalue weighted by molar-refractivity contribution is -0.145. The third-order valence-electron chi connectivity index (χ3n) is 1.79. The Bertz CT molecular complexity index is 164. The zero-order valence-corrected chi connectivity index (χ0v) is 9.49. The molecule has 90 valence electrons. The molecule has 0 aromatic rings. The van der Waals surface area contributed by atoms with Gasteiger partial charge >= 0.3 is 5.97 Å². The molecule has 5 heteroatoms. The summed E-state index contributed by atoms with van der Waals surface area (Å²) in [6.07, 6.45) is 0.809. The van der Waals surface area contributed by atoms with E-state index < -0.39 is 0 Å². The van der Waals surface area contributed by atoms with Crippen molar-refractivity contribution in [2.45, 2.75) is 26.3 Å². The van der Waals surface area contributed by atoms with E-state index in [9.17, 15) is 4.79 Å². The van der Waals surface area contributed by atoms with Crippen LogP contribution in [0, 0.1) is 0 Å². The molecular weight excluding hydrogens is 198 g/mol. The number of esters is 1. The Kier molecular flexibility index (Phi) is 9.46. The first-order valence-corrected chi connectivity index (χ1v) is 5.31. The van der Waals surface area contributed by atoms with Gasteiger partial charge in [0.15, 0.2) is 0 Å². The molecule has 1 unspecified atom stereocenters. The highest BCUT2D eigenvalue weighted by Crippen LogP contribution is 1.89. The van der Waals surface area contributed by atoms with Crippen molar-refractivity contribution in [2.75, 3.05) is 33.0 Å². The fourth-order valence-electron chi connectivity index (χ4n) is 1.01. The van der Waals surface area contributed by atoms with E-state index in [1.54, 1.807) is 13.8 Å². The number of carbonyl (C=O) groups excluding carboxylic acids is 1. The number of aliphatic hydroxyl groups excluding tert-OH is 1. The fourth-order valence-corrected chi connectivity index (χ4v) is 1.01. The van der Waals surface area contributed by atoms with Gasteiger partial charge in [-0.05, 0) is 26.8 Å². The average Bonchev–Trinajstić information content (AvgIpc) is 2.23. The summed E-state index contributed by atoms with van der Waals surface area (Å²) in [5, 5.41) is 11.5. The molecule has 0 aromatic heterocycles. The Morgan fingerprint density at radius 1 is 1.47 bits per heavy atom. The van der Waals surface area contributed by atoms with Gasteiger partial charge in [-0.25, -0.2) is 0 Å². The maximum atomic E-state index is 11.2. The van der Waals surface area contributed by atoms with Crippen LogP contribution in [0.15, 0.2) is 0 Å². The van der Waals surface area contributed by atoms with Crippen LogP contribution in [0.5, 0.6) is 0 Å². The minimum absolute atomic E-state index is 0.0483. The van der Waals surface area contributed by atoms with Gasteiger partial charge in [0.05, 0.1) is 19.8 Å². The van der Waals surface area contributed by atoms with Gasteiger partial charge in [-0.1, -0.05) is 0 Å². The highest BCUT2D eigenvalue weighted by atomic mass is 16.5. The number of ether oxygens (including phenoxy) is 2. The van der Waals surface area contributed by atoms with Gasteiger partial charge in [-0.15, -0.1) is 0 Å². The molecule has 0 aromatic carbocycles. The lowest BCUT2D eigenvalue weighted by Crippen LogP contribution is -2.36. The summed E-state index contributed by atoms with van der Waals surface area (Å²) in [6, 6.07) is -0.275. The molecule has 0 spiro atoms. The van der Waals surface area contributed by atoms with Gasteiger partial charge in [-0.2, -0.15) is 0 Å². The summed E-state index contributed by atoms with van der Waals surface area (Å²) >= 11 is 0. The lowest BCUT2D eigenvalue weighted by Gasteiger charge is -2.12. The number of rotatable bonds is 9. The smallest absolute Gasteiger partial charge is 0.322 e. The Balaban J connectivity index is 3.30. The zero-order chi connectivity index (χ0) is 11.5. The predicted molar refractivity (Wildman–Crippen MR) is 56.6 cm³/mol. The second-order valence-electron chi connectivity index (χ2n) is 3.12. The predicted octanol–water partition coefficient (Wildman–Crippen LogP) is -0.0734. The molecule has 0 heterocycles. The van der Waals surface area contributed by atoms with Crippen molar-refractivity contribution < 1.29 is 19.4 Å². The molecule has 1 atom stereocenters. The van der Waals surface area contributed by atoms with Crippen LogP contribution in [0.3, 0.4) is 0 Å². The van der Waals surface area contributed by atoms with Crippen LogP contribution in [-0.2, 0) is 14.3 Å². The quantitative estimate of drug-likeness (QED) is 0.419. The Labute approximate surface area is 90.8 Å². The van der Waals surface area contributed by atoms with Gasteiger partial charge in [0, 0.05) is 6.61 Å². The normalized spacial score (nSPS) is 12.5. The van der Waals surface area contributed by atoms with E-state index in [2.05, 4.69) is 5.32 Å². The van der Waals surface area contributed by atoms with Crippen molar-refractivity contribution in [1.29, 1.82) is 0 Å². The second-order valence-corrected chi connectivity index (χ2v) is 3.12. The van der Waals surface area contributed by atoms with E-state index in [0.717, 1.165) is 6.42 Å². The van der Waals surface area contributed by atoms with E-state index in [-0.39, 0.29) is 18.6 Å². The van der Waals surface area contributed by atoms with Crippen LogP contribution >= 0.6 is 0 Å². The highest BCUT2D eigenvalue weighted by Gasteiger charge is 2.11. The molecule has 0 aliphatic carbocycles. The third-order valence-corrected chi connectivity index (χ3v) is 1.79. The van der Waals surface area contributed by atoms with Crippen LogP contribution in [0.1, 0.15) is 20.3 Å². The Hall–Kier alpha value is -0.650. The summed E-state index contributed by atoms with van der Waals surface area (Å²) in [7, 11) is 0. The Morgan fingerprint density at radius 3 is 2.80 bits per heavy atom. The molecule has 0 fully saturated rings. The third kappa shape index (κ3) is 8.35. The van der Waals surface area contributed by atoms with Crippen molar-refractivity contribution in [3.63, 3.8) is 0 Å². The number of carbonyl (C=O) groups is 1. The zero-order valence-electron chi connectivity index (χ0n) is 9.49. The standard InChI is InChI=1S/C10H21NO4/c1-3-15-10(13)9(2)11-5-4-7-14-8-6-12/h9,11-12H,3-8H2,1-2H3. The van der Waals surface area contributed by atoms with Crippen LogP contribution in [0.4, 0.5) is 0 Å². The minimum atomic E-state index is -0.275. The maximum absolute atomic E-state index is 11.2. The van der Waals surface area contributed by atoms with E-state index in [1.165, 1.54) is 0 Å². The second kappa shape index (κ2) is 9.89. The maximum Gasteiger partial charge on any atom is 0.322 e. The number of hydrogen-bond acceptors (Lipinski definition) is 5. The first kappa shape index (κ1) is 14.3. The number of aliphatic hydroxyl groups is 1. The van der Waals surface area contributed by atoms with Crippen molar-refractivity contribution >= 4 is 5.97 Å². The van der Waals surface area contributed by atoms with Crippen molar-refractivity contribution in [3.8, 4) is 0 Å². The van der Waals surface area contributed by atoms with Crippen LogP contribution in [-0.4, -0.2) is 50.1 Å². The van der Waals surface area contributed by atoms with Crippen LogP contribution in [0.2, 0.25) is 0 Å².